The summed E-state index contributed by atoms with van der Waals surface area (Å²) in [6.45, 7) is 1.47. The molecule has 0 aliphatic carbocycles. The fourth-order valence-corrected chi connectivity index (χ4v) is 2.29. The molecule has 0 atom stereocenters. The molecule has 6 heteroatoms. The van der Waals surface area contributed by atoms with Crippen molar-refractivity contribution in [2.75, 3.05) is 18.2 Å². The van der Waals surface area contributed by atoms with Gasteiger partial charge in [0.2, 0.25) is 0 Å². The predicted octanol–water partition coefficient (Wildman–Crippen LogP) is 2.68. The van der Waals surface area contributed by atoms with Crippen LogP contribution in [0, 0.1) is 0 Å². The number of nitrogens with one attached hydrogen (secondary N) is 1. The van der Waals surface area contributed by atoms with E-state index in [1.165, 1.54) is 18.3 Å². The number of nitrogens with zero attached hydrogens (tertiary/aromatic N) is 1. The Bertz CT molecular complexity index is 580. The number of carbonyl (C=O) groups is 1. The van der Waals surface area contributed by atoms with Gasteiger partial charge in [0.25, 0.3) is 0 Å². The number of carbonyl (C=O) groups excluding carboxylic acids is 1. The molecule has 0 spiro atoms. The molecule has 0 fully saturated rings. The molecule has 0 radical (unpaired) electrons. The van der Waals surface area contributed by atoms with Crippen molar-refractivity contribution >= 4 is 33.8 Å². The number of para-hydroxylation sites is 2. The number of benzene rings is 1. The van der Waals surface area contributed by atoms with Crippen LogP contribution in [0.5, 0.6) is 5.75 Å². The van der Waals surface area contributed by atoms with Crippen LogP contribution in [0.25, 0.3) is 0 Å². The second-order valence-corrected chi connectivity index (χ2v) is 4.61. The molecule has 0 bridgehead atoms. The molecule has 0 aliphatic heterocycles. The molecule has 0 amide bonds. The van der Waals surface area contributed by atoms with Gasteiger partial charge in [-0.3, -0.25) is 4.79 Å². The first-order chi connectivity index (χ1) is 8.61. The number of anilines is 3. The highest BCUT2D eigenvalue weighted by Gasteiger charge is 2.13. The van der Waals surface area contributed by atoms with Crippen molar-refractivity contribution in [3.05, 3.63) is 29.1 Å². The van der Waals surface area contributed by atoms with Crippen LogP contribution in [-0.2, 0) is 0 Å². The number of Topliss-reactive ketones (excluding diaryl/α,β-unsaturated/α-hetero) is 1. The topological polar surface area (TPSA) is 77.2 Å². The van der Waals surface area contributed by atoms with Gasteiger partial charge in [0.15, 0.2) is 10.9 Å². The van der Waals surface area contributed by atoms with Crippen molar-refractivity contribution in [3.8, 4) is 5.75 Å². The number of hydrogen-bond donors (Lipinski definition) is 2. The summed E-state index contributed by atoms with van der Waals surface area (Å²) >= 11 is 1.23. The molecular formula is C12H13N3O2S. The third-order valence-corrected chi connectivity index (χ3v) is 3.41. The van der Waals surface area contributed by atoms with Gasteiger partial charge in [-0.15, -0.1) is 0 Å². The highest BCUT2D eigenvalue weighted by molar-refractivity contribution is 7.18. The summed E-state index contributed by atoms with van der Waals surface area (Å²) in [6.07, 6.45) is 0. The lowest BCUT2D eigenvalue weighted by molar-refractivity contribution is 0.102. The second-order valence-electron chi connectivity index (χ2n) is 3.61. The van der Waals surface area contributed by atoms with Crippen LogP contribution in [0.1, 0.15) is 16.6 Å². The van der Waals surface area contributed by atoms with Crippen molar-refractivity contribution in [1.29, 1.82) is 0 Å². The number of nitrogens with two attached hydrogens (primary N) is 1. The number of ether oxygens (including phenoxy) is 1. The number of thiazole rings is 1. The second kappa shape index (κ2) is 5.05. The highest BCUT2D eigenvalue weighted by Crippen LogP contribution is 2.31. The quantitative estimate of drug-likeness (QED) is 0.829. The maximum Gasteiger partial charge on any atom is 0.189 e. The Hall–Kier alpha value is -2.08. The Balaban J connectivity index is 2.29. The molecular weight excluding hydrogens is 250 g/mol. The fraction of sp³-hybridized carbons (Fsp3) is 0.167. The van der Waals surface area contributed by atoms with Gasteiger partial charge in [0.1, 0.15) is 16.4 Å². The van der Waals surface area contributed by atoms with Gasteiger partial charge in [-0.2, -0.15) is 0 Å². The molecule has 0 saturated carbocycles. The standard InChI is InChI=1S/C12H13N3O2S/c1-7(16)10-11(13)15-12(18-10)14-8-5-3-4-6-9(8)17-2/h3-6H,13H2,1-2H3,(H,14,15). The van der Waals surface area contributed by atoms with E-state index in [-0.39, 0.29) is 11.6 Å². The lowest BCUT2D eigenvalue weighted by atomic mass is 10.3. The zero-order valence-electron chi connectivity index (χ0n) is 10.1. The molecule has 1 aromatic carbocycles. The van der Waals surface area contributed by atoms with Crippen molar-refractivity contribution < 1.29 is 9.53 Å². The molecule has 0 saturated heterocycles. The van der Waals surface area contributed by atoms with E-state index in [0.717, 1.165) is 5.69 Å². The predicted molar refractivity (Wildman–Crippen MR) is 72.8 cm³/mol. The summed E-state index contributed by atoms with van der Waals surface area (Å²) in [5, 5.41) is 3.66. The first-order valence-electron chi connectivity index (χ1n) is 5.29. The Morgan fingerprint density at radius 1 is 1.44 bits per heavy atom. The summed E-state index contributed by atoms with van der Waals surface area (Å²) in [7, 11) is 1.59. The zero-order valence-corrected chi connectivity index (χ0v) is 10.9. The number of nitrogen functional groups attached to an aromatic ring is 1. The van der Waals surface area contributed by atoms with Gasteiger partial charge in [0.05, 0.1) is 12.8 Å². The minimum Gasteiger partial charge on any atom is -0.495 e. The number of aromatic nitrogens is 1. The van der Waals surface area contributed by atoms with Gasteiger partial charge in [0, 0.05) is 6.92 Å². The Morgan fingerprint density at radius 3 is 2.78 bits per heavy atom. The van der Waals surface area contributed by atoms with E-state index in [1.807, 2.05) is 24.3 Å². The molecule has 2 aromatic rings. The minimum absolute atomic E-state index is 0.0851. The van der Waals surface area contributed by atoms with Crippen LogP contribution in [0.4, 0.5) is 16.6 Å². The summed E-state index contributed by atoms with van der Waals surface area (Å²) in [5.74, 6) is 0.874. The minimum atomic E-state index is -0.0851. The van der Waals surface area contributed by atoms with E-state index in [0.29, 0.717) is 15.8 Å². The molecule has 94 valence electrons. The molecule has 2 rings (SSSR count). The molecule has 3 N–H and O–H groups in total. The average molecular weight is 263 g/mol. The highest BCUT2D eigenvalue weighted by atomic mass is 32.1. The first-order valence-corrected chi connectivity index (χ1v) is 6.10. The van der Waals surface area contributed by atoms with E-state index < -0.39 is 0 Å². The van der Waals surface area contributed by atoms with E-state index in [4.69, 9.17) is 10.5 Å². The molecule has 18 heavy (non-hydrogen) atoms. The van der Waals surface area contributed by atoms with Gasteiger partial charge in [-0.05, 0) is 12.1 Å². The molecule has 5 nitrogen and oxygen atoms in total. The maximum atomic E-state index is 11.3. The third-order valence-electron chi connectivity index (χ3n) is 2.32. The number of hydrogen-bond acceptors (Lipinski definition) is 6. The average Bonchev–Trinajstić information content (AvgIpc) is 2.71. The third kappa shape index (κ3) is 2.43. The summed E-state index contributed by atoms with van der Waals surface area (Å²) in [6, 6.07) is 7.46. The van der Waals surface area contributed by atoms with Crippen molar-refractivity contribution in [2.24, 2.45) is 0 Å². The normalized spacial score (nSPS) is 10.1. The van der Waals surface area contributed by atoms with Crippen LogP contribution < -0.4 is 15.8 Å². The van der Waals surface area contributed by atoms with E-state index >= 15 is 0 Å². The lowest BCUT2D eigenvalue weighted by Gasteiger charge is -2.07. The Kier molecular flexibility index (Phi) is 3.47. The summed E-state index contributed by atoms with van der Waals surface area (Å²) < 4.78 is 5.22. The van der Waals surface area contributed by atoms with Crippen LogP contribution in [0.2, 0.25) is 0 Å². The molecule has 0 aliphatic rings. The first kappa shape index (κ1) is 12.4. The summed E-state index contributed by atoms with van der Waals surface area (Å²) in [5.41, 5.74) is 6.46. The molecule has 1 heterocycles. The fourth-order valence-electron chi connectivity index (χ4n) is 1.50. The van der Waals surface area contributed by atoms with Crippen LogP contribution in [0.15, 0.2) is 24.3 Å². The summed E-state index contributed by atoms with van der Waals surface area (Å²) in [4.78, 5) is 15.9. The van der Waals surface area contributed by atoms with E-state index in [1.54, 1.807) is 7.11 Å². The van der Waals surface area contributed by atoms with Gasteiger partial charge in [-0.25, -0.2) is 4.98 Å². The zero-order chi connectivity index (χ0) is 13.1. The van der Waals surface area contributed by atoms with Crippen LogP contribution in [0.3, 0.4) is 0 Å². The van der Waals surface area contributed by atoms with Crippen molar-refractivity contribution in [2.45, 2.75) is 6.92 Å². The maximum absolute atomic E-state index is 11.3. The smallest absolute Gasteiger partial charge is 0.189 e. The number of methoxy groups -OCH3 is 1. The Morgan fingerprint density at radius 2 is 2.17 bits per heavy atom. The number of ketones is 1. The van der Waals surface area contributed by atoms with Crippen LogP contribution >= 0.6 is 11.3 Å². The van der Waals surface area contributed by atoms with Crippen molar-refractivity contribution in [1.82, 2.24) is 4.98 Å². The molecule has 0 unspecified atom stereocenters. The monoisotopic (exact) mass is 263 g/mol. The molecule has 1 aromatic heterocycles. The lowest BCUT2D eigenvalue weighted by Crippen LogP contribution is -1.95. The van der Waals surface area contributed by atoms with Crippen molar-refractivity contribution in [3.63, 3.8) is 0 Å². The van der Waals surface area contributed by atoms with Gasteiger partial charge in [-0.1, -0.05) is 23.5 Å². The van der Waals surface area contributed by atoms with E-state index in [2.05, 4.69) is 10.3 Å². The van der Waals surface area contributed by atoms with Gasteiger partial charge < -0.3 is 15.8 Å². The van der Waals surface area contributed by atoms with Crippen LogP contribution in [-0.4, -0.2) is 17.9 Å². The van der Waals surface area contributed by atoms with Gasteiger partial charge >= 0.3 is 0 Å². The SMILES string of the molecule is COc1ccccc1Nc1nc(N)c(C(C)=O)s1. The Labute approximate surface area is 109 Å². The largest absolute Gasteiger partial charge is 0.495 e. The van der Waals surface area contributed by atoms with E-state index in [9.17, 15) is 4.79 Å². The number of rotatable bonds is 4.